The van der Waals surface area contributed by atoms with Gasteiger partial charge in [0, 0.05) is 17.7 Å². The topological polar surface area (TPSA) is 75.7 Å². The van der Waals surface area contributed by atoms with Crippen LogP contribution in [0.25, 0.3) is 0 Å². The molecule has 2 heterocycles. The Labute approximate surface area is 157 Å². The van der Waals surface area contributed by atoms with E-state index in [1.54, 1.807) is 24.3 Å². The van der Waals surface area contributed by atoms with Crippen molar-refractivity contribution < 1.29 is 19.1 Å². The van der Waals surface area contributed by atoms with Gasteiger partial charge < -0.3 is 10.1 Å². The van der Waals surface area contributed by atoms with E-state index < -0.39 is 18.2 Å². The van der Waals surface area contributed by atoms with Crippen LogP contribution in [0.2, 0.25) is 0 Å². The molecule has 0 spiro atoms. The molecule has 0 bridgehead atoms. The largest absolute Gasteiger partial charge is 0.433 e. The number of cyclic esters (lactones) is 1. The zero-order valence-corrected chi connectivity index (χ0v) is 15.2. The number of amides is 2. The van der Waals surface area contributed by atoms with E-state index in [0.717, 1.165) is 11.1 Å². The maximum atomic E-state index is 12.9. The van der Waals surface area contributed by atoms with Gasteiger partial charge in [0.25, 0.3) is 0 Å². The average Bonchev–Trinajstić information content (AvgIpc) is 3.14. The molecule has 2 aliphatic rings. The minimum atomic E-state index is -0.848. The van der Waals surface area contributed by atoms with Crippen LogP contribution in [0.4, 0.5) is 5.69 Å². The van der Waals surface area contributed by atoms with E-state index in [1.807, 2.05) is 32.0 Å². The number of nitrogens with one attached hydrogen (secondary N) is 1. The number of fused-ring (bicyclic) bond motifs is 1. The summed E-state index contributed by atoms with van der Waals surface area (Å²) in [4.78, 5) is 38.9. The smallest absolute Gasteiger partial charge is 0.340 e. The molecule has 2 aliphatic heterocycles. The lowest BCUT2D eigenvalue weighted by Gasteiger charge is -2.29. The van der Waals surface area contributed by atoms with E-state index in [-0.39, 0.29) is 18.2 Å². The third-order valence-corrected chi connectivity index (χ3v) is 4.97. The first-order valence-electron chi connectivity index (χ1n) is 8.94. The molecule has 2 atom stereocenters. The summed E-state index contributed by atoms with van der Waals surface area (Å²) in [6.45, 7) is 3.92. The molecule has 2 amide bonds. The van der Waals surface area contributed by atoms with E-state index in [4.69, 9.17) is 4.74 Å². The molecule has 1 fully saturated rings. The molecular formula is C21H20N2O4. The lowest BCUT2D eigenvalue weighted by Crippen LogP contribution is -2.43. The summed E-state index contributed by atoms with van der Waals surface area (Å²) >= 11 is 0. The standard InChI is InChI=1S/C21H20N2O4/c1-12-9-13(2)11-14(10-12)22-19(25)17-7-8-18(24)23(17)20-15-5-3-4-6-16(15)21(26)27-20/h3-6,9-11,17,20H,7-8H2,1-2H3,(H,22,25). The normalized spacial score (nSPS) is 21.2. The second-order valence-corrected chi connectivity index (χ2v) is 7.07. The zero-order valence-electron chi connectivity index (χ0n) is 15.2. The van der Waals surface area contributed by atoms with Gasteiger partial charge >= 0.3 is 5.97 Å². The van der Waals surface area contributed by atoms with Crippen molar-refractivity contribution in [3.63, 3.8) is 0 Å². The lowest BCUT2D eigenvalue weighted by atomic mass is 10.1. The molecule has 2 aromatic carbocycles. The molecule has 0 radical (unpaired) electrons. The molecular weight excluding hydrogens is 344 g/mol. The van der Waals surface area contributed by atoms with Crippen molar-refractivity contribution in [1.29, 1.82) is 0 Å². The molecule has 138 valence electrons. The summed E-state index contributed by atoms with van der Waals surface area (Å²) in [5.74, 6) is -0.930. The predicted octanol–water partition coefficient (Wildman–Crippen LogP) is 3.10. The van der Waals surface area contributed by atoms with Crippen molar-refractivity contribution >= 4 is 23.5 Å². The van der Waals surface area contributed by atoms with Gasteiger partial charge in [-0.05, 0) is 49.6 Å². The number of carbonyl (C=O) groups excluding carboxylic acids is 3. The number of carbonyl (C=O) groups is 3. The highest BCUT2D eigenvalue weighted by Crippen LogP contribution is 2.38. The Balaban J connectivity index is 1.60. The Morgan fingerprint density at radius 3 is 2.56 bits per heavy atom. The fourth-order valence-corrected chi connectivity index (χ4v) is 3.86. The van der Waals surface area contributed by atoms with Crippen LogP contribution >= 0.6 is 0 Å². The Morgan fingerprint density at radius 1 is 1.11 bits per heavy atom. The van der Waals surface area contributed by atoms with Gasteiger partial charge in [-0.1, -0.05) is 24.3 Å². The third kappa shape index (κ3) is 3.07. The van der Waals surface area contributed by atoms with E-state index in [9.17, 15) is 14.4 Å². The molecule has 2 aromatic rings. The summed E-state index contributed by atoms with van der Waals surface area (Å²) in [5.41, 5.74) is 3.85. The van der Waals surface area contributed by atoms with Crippen LogP contribution in [0.3, 0.4) is 0 Å². The van der Waals surface area contributed by atoms with Crippen LogP contribution in [0.1, 0.15) is 46.1 Å². The second-order valence-electron chi connectivity index (χ2n) is 7.07. The van der Waals surface area contributed by atoms with Gasteiger partial charge in [0.2, 0.25) is 18.0 Å². The van der Waals surface area contributed by atoms with Crippen LogP contribution < -0.4 is 5.32 Å². The number of aryl methyl sites for hydroxylation is 2. The Kier molecular flexibility index (Phi) is 4.18. The number of likely N-dealkylation sites (tertiary alicyclic amines) is 1. The summed E-state index contributed by atoms with van der Waals surface area (Å²) < 4.78 is 5.44. The van der Waals surface area contributed by atoms with Gasteiger partial charge in [-0.15, -0.1) is 0 Å². The number of hydrogen-bond donors (Lipinski definition) is 1. The van der Waals surface area contributed by atoms with Crippen molar-refractivity contribution in [3.8, 4) is 0 Å². The Morgan fingerprint density at radius 2 is 1.81 bits per heavy atom. The van der Waals surface area contributed by atoms with Crippen LogP contribution in [-0.4, -0.2) is 28.7 Å². The van der Waals surface area contributed by atoms with Crippen molar-refractivity contribution in [3.05, 3.63) is 64.7 Å². The molecule has 0 aromatic heterocycles. The quantitative estimate of drug-likeness (QED) is 0.849. The van der Waals surface area contributed by atoms with E-state index in [0.29, 0.717) is 23.2 Å². The van der Waals surface area contributed by atoms with E-state index in [2.05, 4.69) is 5.32 Å². The Bertz CT molecular complexity index is 933. The number of anilines is 1. The Hall–Kier alpha value is -3.15. The van der Waals surface area contributed by atoms with E-state index in [1.165, 1.54) is 4.90 Å². The average molecular weight is 364 g/mol. The van der Waals surface area contributed by atoms with Crippen LogP contribution in [0.5, 0.6) is 0 Å². The zero-order chi connectivity index (χ0) is 19.1. The van der Waals surface area contributed by atoms with Gasteiger partial charge in [-0.25, -0.2) is 4.79 Å². The maximum Gasteiger partial charge on any atom is 0.340 e. The first kappa shape index (κ1) is 17.3. The predicted molar refractivity (Wildman–Crippen MR) is 99.0 cm³/mol. The fourth-order valence-electron chi connectivity index (χ4n) is 3.86. The van der Waals surface area contributed by atoms with Crippen LogP contribution in [-0.2, 0) is 14.3 Å². The third-order valence-electron chi connectivity index (χ3n) is 4.97. The van der Waals surface area contributed by atoms with Gasteiger partial charge in [0.15, 0.2) is 0 Å². The summed E-state index contributed by atoms with van der Waals surface area (Å²) in [7, 11) is 0. The molecule has 6 nitrogen and oxygen atoms in total. The number of rotatable bonds is 3. The van der Waals surface area contributed by atoms with Gasteiger partial charge in [0.1, 0.15) is 6.04 Å². The minimum Gasteiger partial charge on any atom is -0.433 e. The van der Waals surface area contributed by atoms with Crippen molar-refractivity contribution in [2.75, 3.05) is 5.32 Å². The molecule has 1 N–H and O–H groups in total. The summed E-state index contributed by atoms with van der Waals surface area (Å²) in [6.07, 6.45) is -0.203. The molecule has 0 aliphatic carbocycles. The summed E-state index contributed by atoms with van der Waals surface area (Å²) in [6, 6.07) is 12.1. The van der Waals surface area contributed by atoms with E-state index >= 15 is 0 Å². The lowest BCUT2D eigenvalue weighted by molar-refractivity contribution is -0.144. The molecule has 2 unspecified atom stereocenters. The number of hydrogen-bond acceptors (Lipinski definition) is 4. The van der Waals surface area contributed by atoms with Gasteiger partial charge in [0.05, 0.1) is 5.56 Å². The first-order chi connectivity index (χ1) is 12.9. The molecule has 27 heavy (non-hydrogen) atoms. The highest BCUT2D eigenvalue weighted by Gasteiger charge is 2.46. The van der Waals surface area contributed by atoms with Gasteiger partial charge in [-0.3, -0.25) is 14.5 Å². The number of nitrogens with zero attached hydrogens (tertiary/aromatic N) is 1. The molecule has 1 saturated heterocycles. The molecule has 0 saturated carbocycles. The van der Waals surface area contributed by atoms with Crippen molar-refractivity contribution in [2.45, 2.75) is 39.0 Å². The highest BCUT2D eigenvalue weighted by atomic mass is 16.6. The van der Waals surface area contributed by atoms with Crippen molar-refractivity contribution in [1.82, 2.24) is 4.90 Å². The second kappa shape index (κ2) is 6.54. The number of benzene rings is 2. The number of ether oxygens (including phenoxy) is 1. The van der Waals surface area contributed by atoms with Crippen molar-refractivity contribution in [2.24, 2.45) is 0 Å². The molecule has 6 heteroatoms. The first-order valence-corrected chi connectivity index (χ1v) is 8.94. The fraction of sp³-hybridized carbons (Fsp3) is 0.286. The number of esters is 1. The molecule has 4 rings (SSSR count). The highest BCUT2D eigenvalue weighted by molar-refractivity contribution is 6.00. The SMILES string of the molecule is Cc1cc(C)cc(NC(=O)C2CCC(=O)N2C2OC(=O)c3ccccc32)c1. The minimum absolute atomic E-state index is 0.190. The monoisotopic (exact) mass is 364 g/mol. The van der Waals surface area contributed by atoms with Gasteiger partial charge in [-0.2, -0.15) is 0 Å². The van der Waals surface area contributed by atoms with Crippen LogP contribution in [0, 0.1) is 13.8 Å². The summed E-state index contributed by atoms with van der Waals surface area (Å²) in [5, 5.41) is 2.90. The van der Waals surface area contributed by atoms with Crippen LogP contribution in [0.15, 0.2) is 42.5 Å². The maximum absolute atomic E-state index is 12.9.